The Kier molecular flexibility index (Phi) is 8.31. The first-order valence-corrected chi connectivity index (χ1v) is 8.84. The predicted octanol–water partition coefficient (Wildman–Crippen LogP) is 3.71. The van der Waals surface area contributed by atoms with Crippen LogP contribution in [0, 0.1) is 0 Å². The van der Waals surface area contributed by atoms with Gasteiger partial charge >= 0.3 is 0 Å². The number of halogens is 1. The fourth-order valence-electron chi connectivity index (χ4n) is 2.92. The minimum atomic E-state index is 0. The van der Waals surface area contributed by atoms with Crippen LogP contribution in [-0.4, -0.2) is 41.8 Å². The third kappa shape index (κ3) is 5.48. The van der Waals surface area contributed by atoms with Crippen LogP contribution in [0.2, 0.25) is 0 Å². The molecule has 0 spiro atoms. The van der Waals surface area contributed by atoms with E-state index in [-0.39, 0.29) is 24.0 Å². The summed E-state index contributed by atoms with van der Waals surface area (Å²) in [6, 6.07) is 18.3. The van der Waals surface area contributed by atoms with Crippen molar-refractivity contribution in [1.82, 2.24) is 20.0 Å². The quantitative estimate of drug-likeness (QED) is 0.325. The monoisotopic (exact) mass is 491 g/mol. The topological polar surface area (TPSA) is 54.7 Å². The first kappa shape index (κ1) is 21.7. The summed E-state index contributed by atoms with van der Waals surface area (Å²) in [5.41, 5.74) is 3.34. The number of hydrogen-bond donors (Lipinski definition) is 1. The Morgan fingerprint density at radius 3 is 2.54 bits per heavy atom. The molecule has 3 aromatic rings. The van der Waals surface area contributed by atoms with Gasteiger partial charge in [0, 0.05) is 45.1 Å². The van der Waals surface area contributed by atoms with Gasteiger partial charge in [-0.3, -0.25) is 4.99 Å². The average Bonchev–Trinajstić information content (AvgIpc) is 3.24. The molecule has 1 N–H and O–H groups in total. The van der Waals surface area contributed by atoms with Crippen LogP contribution in [0.1, 0.15) is 11.1 Å². The van der Waals surface area contributed by atoms with Crippen molar-refractivity contribution in [3.05, 3.63) is 78.1 Å². The van der Waals surface area contributed by atoms with Crippen molar-refractivity contribution in [3.63, 3.8) is 0 Å². The normalized spacial score (nSPS) is 10.9. The molecule has 7 heteroatoms. The highest BCUT2D eigenvalue weighted by Crippen LogP contribution is 2.18. The van der Waals surface area contributed by atoms with E-state index in [9.17, 15) is 0 Å². The van der Waals surface area contributed by atoms with Crippen LogP contribution in [0.4, 0.5) is 0 Å². The summed E-state index contributed by atoms with van der Waals surface area (Å²) in [4.78, 5) is 6.47. The zero-order valence-corrected chi connectivity index (χ0v) is 18.7. The molecule has 0 saturated heterocycles. The van der Waals surface area contributed by atoms with Crippen LogP contribution in [0.3, 0.4) is 0 Å². The van der Waals surface area contributed by atoms with E-state index in [1.54, 1.807) is 20.4 Å². The molecule has 0 saturated carbocycles. The summed E-state index contributed by atoms with van der Waals surface area (Å²) in [7, 11) is 5.50. The van der Waals surface area contributed by atoms with Crippen molar-refractivity contribution in [2.24, 2.45) is 4.99 Å². The number of guanidine groups is 1. The van der Waals surface area contributed by atoms with Gasteiger partial charge in [0.05, 0.1) is 12.8 Å². The SMILES string of the molecule is CN=C(NCc1ccc(-n2cccn2)cc1)N(C)Cc1ccccc1OC.I. The molecule has 0 radical (unpaired) electrons. The zero-order valence-electron chi connectivity index (χ0n) is 16.4. The predicted molar refractivity (Wildman–Crippen MR) is 124 cm³/mol. The van der Waals surface area contributed by atoms with Crippen LogP contribution in [0.25, 0.3) is 5.69 Å². The lowest BCUT2D eigenvalue weighted by atomic mass is 10.2. The van der Waals surface area contributed by atoms with Gasteiger partial charge in [0.15, 0.2) is 5.96 Å². The molecular weight excluding hydrogens is 465 g/mol. The third-order valence-corrected chi connectivity index (χ3v) is 4.33. The Balaban J connectivity index is 0.00000280. The number of ether oxygens (including phenoxy) is 1. The molecule has 2 aromatic carbocycles. The maximum Gasteiger partial charge on any atom is 0.193 e. The van der Waals surface area contributed by atoms with Crippen LogP contribution in [0.5, 0.6) is 5.75 Å². The number of rotatable bonds is 6. The van der Waals surface area contributed by atoms with Gasteiger partial charge in [-0.2, -0.15) is 5.10 Å². The van der Waals surface area contributed by atoms with Crippen molar-refractivity contribution in [1.29, 1.82) is 0 Å². The molecule has 0 unspecified atom stereocenters. The fourth-order valence-corrected chi connectivity index (χ4v) is 2.92. The molecule has 148 valence electrons. The second-order valence-electron chi connectivity index (χ2n) is 6.19. The molecule has 0 aliphatic rings. The number of methoxy groups -OCH3 is 1. The molecule has 1 aromatic heterocycles. The lowest BCUT2D eigenvalue weighted by Crippen LogP contribution is -2.38. The maximum atomic E-state index is 5.44. The highest BCUT2D eigenvalue weighted by molar-refractivity contribution is 14.0. The lowest BCUT2D eigenvalue weighted by molar-refractivity contribution is 0.396. The third-order valence-electron chi connectivity index (χ3n) is 4.33. The second-order valence-corrected chi connectivity index (χ2v) is 6.19. The van der Waals surface area contributed by atoms with Gasteiger partial charge in [-0.1, -0.05) is 30.3 Å². The van der Waals surface area contributed by atoms with Gasteiger partial charge < -0.3 is 15.0 Å². The first-order chi connectivity index (χ1) is 13.2. The number of nitrogens with one attached hydrogen (secondary N) is 1. The largest absolute Gasteiger partial charge is 0.496 e. The minimum Gasteiger partial charge on any atom is -0.496 e. The Bertz CT molecular complexity index is 878. The number of para-hydroxylation sites is 1. The van der Waals surface area contributed by atoms with E-state index in [1.807, 2.05) is 42.2 Å². The Morgan fingerprint density at radius 1 is 1.14 bits per heavy atom. The highest BCUT2D eigenvalue weighted by atomic mass is 127. The lowest BCUT2D eigenvalue weighted by Gasteiger charge is -2.23. The number of benzene rings is 2. The smallest absolute Gasteiger partial charge is 0.193 e. The first-order valence-electron chi connectivity index (χ1n) is 8.84. The molecule has 1 heterocycles. The van der Waals surface area contributed by atoms with E-state index in [0.717, 1.165) is 23.0 Å². The van der Waals surface area contributed by atoms with Crippen molar-refractivity contribution in [3.8, 4) is 11.4 Å². The maximum absolute atomic E-state index is 5.44. The van der Waals surface area contributed by atoms with E-state index in [4.69, 9.17) is 4.74 Å². The van der Waals surface area contributed by atoms with Gasteiger partial charge in [0.25, 0.3) is 0 Å². The van der Waals surface area contributed by atoms with Crippen LogP contribution in [0.15, 0.2) is 72.0 Å². The van der Waals surface area contributed by atoms with Crippen LogP contribution >= 0.6 is 24.0 Å². The Morgan fingerprint density at radius 2 is 1.89 bits per heavy atom. The van der Waals surface area contributed by atoms with Gasteiger partial charge in [-0.15, -0.1) is 24.0 Å². The van der Waals surface area contributed by atoms with Crippen LogP contribution < -0.4 is 10.1 Å². The van der Waals surface area contributed by atoms with Gasteiger partial charge in [0.2, 0.25) is 0 Å². The molecule has 0 amide bonds. The molecule has 28 heavy (non-hydrogen) atoms. The van der Waals surface area contributed by atoms with Gasteiger partial charge in [-0.05, 0) is 29.8 Å². The van der Waals surface area contributed by atoms with E-state index < -0.39 is 0 Å². The summed E-state index contributed by atoms with van der Waals surface area (Å²) in [5, 5.41) is 7.66. The average molecular weight is 491 g/mol. The summed E-state index contributed by atoms with van der Waals surface area (Å²) in [5.74, 6) is 1.71. The van der Waals surface area contributed by atoms with Crippen molar-refractivity contribution >= 4 is 29.9 Å². The van der Waals surface area contributed by atoms with E-state index in [0.29, 0.717) is 13.1 Å². The van der Waals surface area contributed by atoms with Gasteiger partial charge in [0.1, 0.15) is 5.75 Å². The summed E-state index contributed by atoms with van der Waals surface area (Å²) in [6.45, 7) is 1.41. The molecule has 6 nitrogen and oxygen atoms in total. The summed E-state index contributed by atoms with van der Waals surface area (Å²) >= 11 is 0. The van der Waals surface area contributed by atoms with Crippen LogP contribution in [-0.2, 0) is 13.1 Å². The number of nitrogens with zero attached hydrogens (tertiary/aromatic N) is 4. The summed E-state index contributed by atoms with van der Waals surface area (Å²) in [6.07, 6.45) is 3.71. The minimum absolute atomic E-state index is 0. The molecule has 0 atom stereocenters. The molecule has 0 aliphatic heterocycles. The Labute approximate surface area is 183 Å². The number of hydrogen-bond acceptors (Lipinski definition) is 3. The molecule has 0 fully saturated rings. The Hall–Kier alpha value is -2.55. The van der Waals surface area contributed by atoms with E-state index in [2.05, 4.69) is 50.6 Å². The van der Waals surface area contributed by atoms with Crippen molar-refractivity contribution < 1.29 is 4.74 Å². The van der Waals surface area contributed by atoms with Gasteiger partial charge in [-0.25, -0.2) is 4.68 Å². The van der Waals surface area contributed by atoms with Crippen molar-refractivity contribution in [2.45, 2.75) is 13.1 Å². The molecule has 0 bridgehead atoms. The number of aromatic nitrogens is 2. The standard InChI is InChI=1S/C21H25N5O.HI/c1-22-21(25(2)16-18-7-4-5-8-20(18)27-3)23-15-17-9-11-19(12-10-17)26-14-6-13-24-26;/h4-14H,15-16H2,1-3H3,(H,22,23);1H. The van der Waals surface area contributed by atoms with E-state index in [1.165, 1.54) is 5.56 Å². The molecular formula is C21H26IN5O. The second kappa shape index (κ2) is 10.7. The fraction of sp³-hybridized carbons (Fsp3) is 0.238. The zero-order chi connectivity index (χ0) is 19.1. The number of aliphatic imine (C=N–C) groups is 1. The molecule has 0 aliphatic carbocycles. The molecule has 3 rings (SSSR count). The highest BCUT2D eigenvalue weighted by Gasteiger charge is 2.10. The van der Waals surface area contributed by atoms with Crippen molar-refractivity contribution in [2.75, 3.05) is 21.2 Å². The summed E-state index contributed by atoms with van der Waals surface area (Å²) < 4.78 is 7.28. The van der Waals surface area contributed by atoms with E-state index >= 15 is 0 Å².